The number of halogens is 1. The van der Waals surface area contributed by atoms with E-state index >= 15 is 0 Å². The lowest BCUT2D eigenvalue weighted by molar-refractivity contribution is -0.139. The van der Waals surface area contributed by atoms with Crippen molar-refractivity contribution in [2.45, 2.75) is 6.54 Å². The van der Waals surface area contributed by atoms with E-state index in [1.807, 2.05) is 12.1 Å². The van der Waals surface area contributed by atoms with Crippen LogP contribution >= 0.6 is 0 Å². The normalized spacial score (nSPS) is 10.7. The summed E-state index contributed by atoms with van der Waals surface area (Å²) in [6, 6.07) is 8.58. The Morgan fingerprint density at radius 3 is 2.89 bits per heavy atom. The number of fused-ring (bicyclic) bond motifs is 1. The second-order valence-electron chi connectivity index (χ2n) is 4.27. The van der Waals surface area contributed by atoms with E-state index in [0.717, 1.165) is 16.5 Å². The topological polar surface area (TPSA) is 38.3 Å². The molecule has 2 aromatic carbocycles. The highest BCUT2D eigenvalue weighted by Gasteiger charge is 2.06. The van der Waals surface area contributed by atoms with Crippen LogP contribution < -0.4 is 5.32 Å². The van der Waals surface area contributed by atoms with Crippen LogP contribution in [0.5, 0.6) is 0 Å². The average molecular weight is 260 g/mol. The summed E-state index contributed by atoms with van der Waals surface area (Å²) >= 11 is 0. The van der Waals surface area contributed by atoms with Crippen LogP contribution in [0.4, 0.5) is 4.39 Å². The molecule has 0 amide bonds. The van der Waals surface area contributed by atoms with Crippen LogP contribution in [0.2, 0.25) is 0 Å². The lowest BCUT2D eigenvalue weighted by atomic mass is 10.0. The van der Waals surface area contributed by atoms with Gasteiger partial charge in [0.2, 0.25) is 0 Å². The SMILES string of the molecule is [CH2]c1cc(CNCC(=O)OC)cc2c(F)cccc12. The molecule has 0 aliphatic heterocycles. The van der Waals surface area contributed by atoms with Crippen molar-refractivity contribution in [3.63, 3.8) is 0 Å². The highest BCUT2D eigenvalue weighted by Crippen LogP contribution is 2.23. The summed E-state index contributed by atoms with van der Waals surface area (Å²) in [5.74, 6) is -0.598. The Morgan fingerprint density at radius 2 is 2.16 bits per heavy atom. The summed E-state index contributed by atoms with van der Waals surface area (Å²) < 4.78 is 18.3. The molecular formula is C15H15FNO2. The van der Waals surface area contributed by atoms with Gasteiger partial charge in [-0.2, -0.15) is 0 Å². The third-order valence-electron chi connectivity index (χ3n) is 2.91. The molecule has 0 fully saturated rings. The maximum atomic E-state index is 13.7. The largest absolute Gasteiger partial charge is 0.468 e. The molecule has 0 heterocycles. The Kier molecular flexibility index (Phi) is 4.12. The molecular weight excluding hydrogens is 245 g/mol. The van der Waals surface area contributed by atoms with Crippen LogP contribution in [0.1, 0.15) is 11.1 Å². The summed E-state index contributed by atoms with van der Waals surface area (Å²) in [5, 5.41) is 4.29. The highest BCUT2D eigenvalue weighted by molar-refractivity contribution is 5.87. The summed E-state index contributed by atoms with van der Waals surface area (Å²) in [5.41, 5.74) is 1.65. The molecule has 2 aromatic rings. The van der Waals surface area contributed by atoms with Gasteiger partial charge >= 0.3 is 5.97 Å². The number of esters is 1. The Morgan fingerprint density at radius 1 is 1.37 bits per heavy atom. The zero-order valence-corrected chi connectivity index (χ0v) is 10.7. The minimum absolute atomic E-state index is 0.123. The van der Waals surface area contributed by atoms with Crippen molar-refractivity contribution in [1.82, 2.24) is 5.32 Å². The van der Waals surface area contributed by atoms with Crippen LogP contribution in [-0.4, -0.2) is 19.6 Å². The molecule has 0 bridgehead atoms. The van der Waals surface area contributed by atoms with Crippen LogP contribution in [0.15, 0.2) is 30.3 Å². The smallest absolute Gasteiger partial charge is 0.319 e. The Labute approximate surface area is 111 Å². The molecule has 3 nitrogen and oxygen atoms in total. The zero-order valence-electron chi connectivity index (χ0n) is 10.7. The number of rotatable bonds is 4. The minimum Gasteiger partial charge on any atom is -0.468 e. The summed E-state index contributed by atoms with van der Waals surface area (Å²) in [4.78, 5) is 11.0. The zero-order chi connectivity index (χ0) is 13.8. The molecule has 2 rings (SSSR count). The molecule has 0 saturated heterocycles. The van der Waals surface area contributed by atoms with Gasteiger partial charge in [-0.1, -0.05) is 18.2 Å². The first-order chi connectivity index (χ1) is 9.11. The van der Waals surface area contributed by atoms with Gasteiger partial charge in [0, 0.05) is 11.9 Å². The fourth-order valence-corrected chi connectivity index (χ4v) is 1.98. The highest BCUT2D eigenvalue weighted by atomic mass is 19.1. The molecule has 0 spiro atoms. The standard InChI is InChI=1S/C15H15FNO2/c1-10-6-11(8-17-9-15(18)19-2)7-13-12(10)4-3-5-14(13)16/h3-7,17H,1,8-9H2,2H3. The monoisotopic (exact) mass is 260 g/mol. The predicted octanol–water partition coefficient (Wildman–Crippen LogP) is 2.42. The van der Waals surface area contributed by atoms with E-state index in [9.17, 15) is 9.18 Å². The maximum Gasteiger partial charge on any atom is 0.319 e. The molecule has 19 heavy (non-hydrogen) atoms. The van der Waals surface area contributed by atoms with E-state index < -0.39 is 0 Å². The Hall–Kier alpha value is -1.94. The van der Waals surface area contributed by atoms with Crippen LogP contribution in [-0.2, 0) is 16.1 Å². The molecule has 0 aromatic heterocycles. The number of carbonyl (C=O) groups is 1. The Bertz CT molecular complexity index is 610. The van der Waals surface area contributed by atoms with Gasteiger partial charge in [-0.05, 0) is 35.6 Å². The van der Waals surface area contributed by atoms with E-state index in [1.54, 1.807) is 12.1 Å². The van der Waals surface area contributed by atoms with Crippen LogP contribution in [0, 0.1) is 12.7 Å². The van der Waals surface area contributed by atoms with E-state index in [2.05, 4.69) is 17.0 Å². The molecule has 4 heteroatoms. The molecule has 1 radical (unpaired) electrons. The summed E-state index contributed by atoms with van der Waals surface area (Å²) in [6.07, 6.45) is 0. The minimum atomic E-state index is -0.332. The molecule has 0 aliphatic carbocycles. The lowest BCUT2D eigenvalue weighted by Crippen LogP contribution is -2.23. The molecule has 0 aliphatic rings. The van der Waals surface area contributed by atoms with Gasteiger partial charge in [0.25, 0.3) is 0 Å². The second kappa shape index (κ2) is 5.80. The summed E-state index contributed by atoms with van der Waals surface area (Å²) in [6.45, 7) is 4.51. The van der Waals surface area contributed by atoms with Gasteiger partial charge in [0.05, 0.1) is 13.7 Å². The molecule has 0 atom stereocenters. The molecule has 0 unspecified atom stereocenters. The number of ether oxygens (including phenoxy) is 1. The molecule has 99 valence electrons. The number of carbonyl (C=O) groups excluding carboxylic acids is 1. The number of methoxy groups -OCH3 is 1. The maximum absolute atomic E-state index is 13.7. The first-order valence-electron chi connectivity index (χ1n) is 5.92. The Balaban J connectivity index is 2.21. The van der Waals surface area contributed by atoms with Gasteiger partial charge in [0.15, 0.2) is 0 Å². The third-order valence-corrected chi connectivity index (χ3v) is 2.91. The van der Waals surface area contributed by atoms with Crippen molar-refractivity contribution in [3.8, 4) is 0 Å². The first kappa shape index (κ1) is 13.5. The van der Waals surface area contributed by atoms with Crippen molar-refractivity contribution >= 4 is 16.7 Å². The average Bonchev–Trinajstić information content (AvgIpc) is 2.40. The third kappa shape index (κ3) is 3.09. The van der Waals surface area contributed by atoms with E-state index in [0.29, 0.717) is 11.9 Å². The van der Waals surface area contributed by atoms with Gasteiger partial charge < -0.3 is 10.1 Å². The van der Waals surface area contributed by atoms with E-state index in [1.165, 1.54) is 13.2 Å². The fourth-order valence-electron chi connectivity index (χ4n) is 1.98. The van der Waals surface area contributed by atoms with Crippen molar-refractivity contribution < 1.29 is 13.9 Å². The van der Waals surface area contributed by atoms with Gasteiger partial charge in [0.1, 0.15) is 5.82 Å². The number of hydrogen-bond donors (Lipinski definition) is 1. The quantitative estimate of drug-likeness (QED) is 0.858. The number of nitrogens with one attached hydrogen (secondary N) is 1. The van der Waals surface area contributed by atoms with Crippen LogP contribution in [0.3, 0.4) is 0 Å². The van der Waals surface area contributed by atoms with E-state index in [-0.39, 0.29) is 18.3 Å². The number of hydrogen-bond acceptors (Lipinski definition) is 3. The van der Waals surface area contributed by atoms with Crippen LogP contribution in [0.25, 0.3) is 10.8 Å². The van der Waals surface area contributed by atoms with E-state index in [4.69, 9.17) is 0 Å². The lowest BCUT2D eigenvalue weighted by Gasteiger charge is -2.08. The van der Waals surface area contributed by atoms with Crippen molar-refractivity contribution in [1.29, 1.82) is 0 Å². The summed E-state index contributed by atoms with van der Waals surface area (Å²) in [7, 11) is 1.34. The van der Waals surface area contributed by atoms with Crippen molar-refractivity contribution in [2.24, 2.45) is 0 Å². The van der Waals surface area contributed by atoms with Crippen molar-refractivity contribution in [3.05, 3.63) is 54.2 Å². The van der Waals surface area contributed by atoms with Gasteiger partial charge in [-0.15, -0.1) is 0 Å². The number of benzene rings is 2. The van der Waals surface area contributed by atoms with Gasteiger partial charge in [-0.25, -0.2) is 4.39 Å². The van der Waals surface area contributed by atoms with Crippen molar-refractivity contribution in [2.75, 3.05) is 13.7 Å². The first-order valence-corrected chi connectivity index (χ1v) is 5.92. The molecule has 0 saturated carbocycles. The second-order valence-corrected chi connectivity index (χ2v) is 4.27. The predicted molar refractivity (Wildman–Crippen MR) is 72.1 cm³/mol. The fraction of sp³-hybridized carbons (Fsp3) is 0.200. The van der Waals surface area contributed by atoms with Gasteiger partial charge in [-0.3, -0.25) is 4.79 Å². The molecule has 1 N–H and O–H groups in total.